The second kappa shape index (κ2) is 4.15. The minimum absolute atomic E-state index is 0.0770. The van der Waals surface area contributed by atoms with Crippen LogP contribution in [0.3, 0.4) is 0 Å². The molecule has 0 heterocycles. The Balaban J connectivity index is 2.29. The quantitative estimate of drug-likeness (QED) is 0.727. The second-order valence-electron chi connectivity index (χ2n) is 3.56. The fourth-order valence-corrected chi connectivity index (χ4v) is 1.56. The van der Waals surface area contributed by atoms with Gasteiger partial charge in [0.2, 0.25) is 0 Å². The molecule has 2 heteroatoms. The van der Waals surface area contributed by atoms with E-state index < -0.39 is 0 Å². The summed E-state index contributed by atoms with van der Waals surface area (Å²) in [5.41, 5.74) is 14.7. The Bertz CT molecular complexity index is 420. The lowest BCUT2D eigenvalue weighted by atomic mass is 10.00. The van der Waals surface area contributed by atoms with Gasteiger partial charge in [-0.3, -0.25) is 0 Å². The molecule has 0 saturated heterocycles. The van der Waals surface area contributed by atoms with Crippen LogP contribution >= 0.6 is 0 Å². The molecule has 1 atom stereocenters. The standard InChI is InChI=1S/C13H14N2/c14-12-8-6-11(7-9-12)13(15)10-4-2-1-3-5-10/h1-9,13H,14-15H2/t13-/m0/s1. The highest BCUT2D eigenvalue weighted by molar-refractivity contribution is 5.42. The van der Waals surface area contributed by atoms with Crippen LogP contribution in [-0.4, -0.2) is 0 Å². The van der Waals surface area contributed by atoms with Crippen LogP contribution in [0.1, 0.15) is 17.2 Å². The number of anilines is 1. The molecule has 15 heavy (non-hydrogen) atoms. The average molecular weight is 198 g/mol. The van der Waals surface area contributed by atoms with Crippen LogP contribution in [0.25, 0.3) is 0 Å². The summed E-state index contributed by atoms with van der Waals surface area (Å²) in [6.45, 7) is 0. The molecular formula is C13H14N2. The monoisotopic (exact) mass is 198 g/mol. The maximum absolute atomic E-state index is 6.13. The largest absolute Gasteiger partial charge is 0.399 e. The lowest BCUT2D eigenvalue weighted by molar-refractivity contribution is 0.872. The maximum Gasteiger partial charge on any atom is 0.0551 e. The summed E-state index contributed by atoms with van der Waals surface area (Å²) < 4.78 is 0. The normalized spacial score (nSPS) is 12.3. The molecule has 2 aromatic rings. The Hall–Kier alpha value is -1.80. The number of hydrogen-bond donors (Lipinski definition) is 2. The zero-order valence-corrected chi connectivity index (χ0v) is 8.43. The van der Waals surface area contributed by atoms with E-state index in [4.69, 9.17) is 11.5 Å². The maximum atomic E-state index is 6.13. The van der Waals surface area contributed by atoms with Gasteiger partial charge in [0.1, 0.15) is 0 Å². The first-order valence-electron chi connectivity index (χ1n) is 4.93. The summed E-state index contributed by atoms with van der Waals surface area (Å²) in [7, 11) is 0. The van der Waals surface area contributed by atoms with E-state index in [0.717, 1.165) is 16.8 Å². The molecule has 2 rings (SSSR count). The molecule has 0 spiro atoms. The van der Waals surface area contributed by atoms with E-state index in [1.54, 1.807) is 0 Å². The van der Waals surface area contributed by atoms with Gasteiger partial charge in [0.05, 0.1) is 6.04 Å². The molecule has 0 bridgehead atoms. The van der Waals surface area contributed by atoms with Gasteiger partial charge in [-0.05, 0) is 23.3 Å². The van der Waals surface area contributed by atoms with E-state index in [0.29, 0.717) is 0 Å². The first kappa shape index (κ1) is 9.74. The van der Waals surface area contributed by atoms with Crippen molar-refractivity contribution in [2.24, 2.45) is 5.73 Å². The molecule has 0 radical (unpaired) electrons. The summed E-state index contributed by atoms with van der Waals surface area (Å²) in [5.74, 6) is 0. The zero-order chi connectivity index (χ0) is 10.7. The van der Waals surface area contributed by atoms with E-state index in [-0.39, 0.29) is 6.04 Å². The molecule has 76 valence electrons. The number of nitrogen functional groups attached to an aromatic ring is 1. The van der Waals surface area contributed by atoms with E-state index >= 15 is 0 Å². The molecule has 0 saturated carbocycles. The Labute approximate surface area is 89.5 Å². The van der Waals surface area contributed by atoms with Crippen LogP contribution in [0.5, 0.6) is 0 Å². The van der Waals surface area contributed by atoms with Crippen molar-refractivity contribution in [1.29, 1.82) is 0 Å². The fourth-order valence-electron chi connectivity index (χ4n) is 1.56. The highest BCUT2D eigenvalue weighted by Crippen LogP contribution is 2.19. The van der Waals surface area contributed by atoms with Crippen molar-refractivity contribution in [3.05, 3.63) is 65.7 Å². The van der Waals surface area contributed by atoms with Gasteiger partial charge >= 0.3 is 0 Å². The van der Waals surface area contributed by atoms with Gasteiger partial charge < -0.3 is 11.5 Å². The van der Waals surface area contributed by atoms with Crippen molar-refractivity contribution in [1.82, 2.24) is 0 Å². The summed E-state index contributed by atoms with van der Waals surface area (Å²) in [5, 5.41) is 0. The van der Waals surface area contributed by atoms with Crippen LogP contribution in [0.2, 0.25) is 0 Å². The summed E-state index contributed by atoms with van der Waals surface area (Å²) in [4.78, 5) is 0. The molecule has 0 fully saturated rings. The summed E-state index contributed by atoms with van der Waals surface area (Å²) in [6, 6.07) is 17.6. The fraction of sp³-hybridized carbons (Fsp3) is 0.0769. The van der Waals surface area contributed by atoms with Gasteiger partial charge in [-0.15, -0.1) is 0 Å². The first-order chi connectivity index (χ1) is 7.27. The molecule has 0 aliphatic rings. The minimum Gasteiger partial charge on any atom is -0.399 e. The van der Waals surface area contributed by atoms with Crippen molar-refractivity contribution in [3.8, 4) is 0 Å². The van der Waals surface area contributed by atoms with Crippen LogP contribution in [0.4, 0.5) is 5.69 Å². The minimum atomic E-state index is -0.0770. The lowest BCUT2D eigenvalue weighted by Gasteiger charge is -2.12. The Morgan fingerprint density at radius 3 is 1.87 bits per heavy atom. The van der Waals surface area contributed by atoms with E-state index in [1.165, 1.54) is 0 Å². The zero-order valence-electron chi connectivity index (χ0n) is 8.43. The molecule has 2 nitrogen and oxygen atoms in total. The number of rotatable bonds is 2. The Kier molecular flexibility index (Phi) is 2.70. The molecule has 2 aromatic carbocycles. The molecule has 0 amide bonds. The first-order valence-corrected chi connectivity index (χ1v) is 4.93. The van der Waals surface area contributed by atoms with Crippen LogP contribution in [-0.2, 0) is 0 Å². The Morgan fingerprint density at radius 1 is 0.733 bits per heavy atom. The van der Waals surface area contributed by atoms with Gasteiger partial charge in [-0.1, -0.05) is 42.5 Å². The SMILES string of the molecule is Nc1ccc([C@@H](N)c2ccccc2)cc1. The number of benzene rings is 2. The lowest BCUT2D eigenvalue weighted by Crippen LogP contribution is -2.11. The molecule has 0 aliphatic carbocycles. The summed E-state index contributed by atoms with van der Waals surface area (Å²) >= 11 is 0. The molecule has 4 N–H and O–H groups in total. The van der Waals surface area contributed by atoms with Crippen LogP contribution in [0, 0.1) is 0 Å². The summed E-state index contributed by atoms with van der Waals surface area (Å²) in [6.07, 6.45) is 0. The third-order valence-corrected chi connectivity index (χ3v) is 2.45. The second-order valence-corrected chi connectivity index (χ2v) is 3.56. The smallest absolute Gasteiger partial charge is 0.0551 e. The van der Waals surface area contributed by atoms with Gasteiger partial charge in [-0.25, -0.2) is 0 Å². The molecular weight excluding hydrogens is 184 g/mol. The van der Waals surface area contributed by atoms with Crippen molar-refractivity contribution in [2.45, 2.75) is 6.04 Å². The highest BCUT2D eigenvalue weighted by Gasteiger charge is 2.07. The molecule has 0 unspecified atom stereocenters. The number of hydrogen-bond acceptors (Lipinski definition) is 2. The molecule has 0 aromatic heterocycles. The van der Waals surface area contributed by atoms with Crippen LogP contribution in [0.15, 0.2) is 54.6 Å². The van der Waals surface area contributed by atoms with Crippen molar-refractivity contribution < 1.29 is 0 Å². The van der Waals surface area contributed by atoms with Crippen LogP contribution < -0.4 is 11.5 Å². The van der Waals surface area contributed by atoms with Gasteiger partial charge in [-0.2, -0.15) is 0 Å². The third kappa shape index (κ3) is 2.17. The van der Waals surface area contributed by atoms with E-state index in [2.05, 4.69) is 0 Å². The van der Waals surface area contributed by atoms with Gasteiger partial charge in [0, 0.05) is 5.69 Å². The molecule has 0 aliphatic heterocycles. The van der Waals surface area contributed by atoms with Gasteiger partial charge in [0.15, 0.2) is 0 Å². The van der Waals surface area contributed by atoms with E-state index in [1.807, 2.05) is 54.6 Å². The van der Waals surface area contributed by atoms with Crippen molar-refractivity contribution >= 4 is 5.69 Å². The number of nitrogens with two attached hydrogens (primary N) is 2. The topological polar surface area (TPSA) is 52.0 Å². The average Bonchev–Trinajstić information content (AvgIpc) is 2.30. The predicted molar refractivity (Wildman–Crippen MR) is 63.3 cm³/mol. The highest BCUT2D eigenvalue weighted by atomic mass is 14.6. The van der Waals surface area contributed by atoms with E-state index in [9.17, 15) is 0 Å². The van der Waals surface area contributed by atoms with Crippen molar-refractivity contribution in [2.75, 3.05) is 5.73 Å². The van der Waals surface area contributed by atoms with Crippen molar-refractivity contribution in [3.63, 3.8) is 0 Å². The third-order valence-electron chi connectivity index (χ3n) is 2.45. The Morgan fingerprint density at radius 2 is 1.27 bits per heavy atom. The van der Waals surface area contributed by atoms with Gasteiger partial charge in [0.25, 0.3) is 0 Å². The predicted octanol–water partition coefficient (Wildman–Crippen LogP) is 2.32.